The van der Waals surface area contributed by atoms with E-state index in [2.05, 4.69) is 19.1 Å². The van der Waals surface area contributed by atoms with E-state index in [0.29, 0.717) is 0 Å². The second kappa shape index (κ2) is 4.40. The van der Waals surface area contributed by atoms with Gasteiger partial charge in [-0.1, -0.05) is 29.8 Å². The minimum atomic E-state index is 0.111. The Morgan fingerprint density at radius 3 is 2.54 bits per heavy atom. The van der Waals surface area contributed by atoms with Crippen molar-refractivity contribution >= 4 is 0 Å². The maximum Gasteiger partial charge on any atom is 0.0628 e. The van der Waals surface area contributed by atoms with Gasteiger partial charge in [0.05, 0.1) is 12.6 Å². The van der Waals surface area contributed by atoms with Crippen molar-refractivity contribution in [3.63, 3.8) is 0 Å². The summed E-state index contributed by atoms with van der Waals surface area (Å²) in [6.45, 7) is 2.23. The average Bonchev–Trinajstić information content (AvgIpc) is 2.04. The maximum absolute atomic E-state index is 9.20. The minimum absolute atomic E-state index is 0.111. The van der Waals surface area contributed by atoms with Gasteiger partial charge in [-0.2, -0.15) is 0 Å². The molecule has 0 saturated carbocycles. The SMILES string of the molecule is Cc1cccc([C@@H](CO)N(C)C)c1. The number of rotatable bonds is 3. The Bertz CT molecular complexity index is 271. The second-order valence-corrected chi connectivity index (χ2v) is 3.58. The molecule has 2 nitrogen and oxygen atoms in total. The Kier molecular flexibility index (Phi) is 3.46. The van der Waals surface area contributed by atoms with Crippen LogP contribution in [-0.4, -0.2) is 30.7 Å². The average molecular weight is 179 g/mol. The lowest BCUT2D eigenvalue weighted by atomic mass is 10.0. The van der Waals surface area contributed by atoms with E-state index < -0.39 is 0 Å². The molecule has 72 valence electrons. The Morgan fingerprint density at radius 2 is 2.08 bits per heavy atom. The smallest absolute Gasteiger partial charge is 0.0628 e. The molecule has 1 N–H and O–H groups in total. The third-order valence-corrected chi connectivity index (χ3v) is 2.22. The van der Waals surface area contributed by atoms with Gasteiger partial charge in [-0.15, -0.1) is 0 Å². The van der Waals surface area contributed by atoms with Gasteiger partial charge in [-0.25, -0.2) is 0 Å². The van der Waals surface area contributed by atoms with Gasteiger partial charge >= 0.3 is 0 Å². The molecule has 0 fully saturated rings. The lowest BCUT2D eigenvalue weighted by molar-refractivity contribution is 0.171. The largest absolute Gasteiger partial charge is 0.394 e. The molecule has 13 heavy (non-hydrogen) atoms. The first-order valence-corrected chi connectivity index (χ1v) is 4.49. The number of hydrogen-bond acceptors (Lipinski definition) is 2. The van der Waals surface area contributed by atoms with E-state index >= 15 is 0 Å². The van der Waals surface area contributed by atoms with Gasteiger partial charge in [-0.05, 0) is 26.6 Å². The van der Waals surface area contributed by atoms with Crippen LogP contribution in [0.2, 0.25) is 0 Å². The molecule has 0 spiro atoms. The highest BCUT2D eigenvalue weighted by Crippen LogP contribution is 2.17. The summed E-state index contributed by atoms with van der Waals surface area (Å²) >= 11 is 0. The Morgan fingerprint density at radius 1 is 1.38 bits per heavy atom. The van der Waals surface area contributed by atoms with Crippen LogP contribution in [0.5, 0.6) is 0 Å². The predicted molar refractivity (Wildman–Crippen MR) is 54.7 cm³/mol. The molecule has 1 atom stereocenters. The molecule has 0 aliphatic rings. The van der Waals surface area contributed by atoms with Crippen molar-refractivity contribution in [3.05, 3.63) is 35.4 Å². The molecule has 2 heteroatoms. The first kappa shape index (κ1) is 10.2. The molecule has 0 bridgehead atoms. The summed E-state index contributed by atoms with van der Waals surface area (Å²) in [5, 5.41) is 9.20. The van der Waals surface area contributed by atoms with E-state index in [1.165, 1.54) is 11.1 Å². The van der Waals surface area contributed by atoms with Crippen LogP contribution < -0.4 is 0 Å². The number of aliphatic hydroxyl groups excluding tert-OH is 1. The third-order valence-electron chi connectivity index (χ3n) is 2.22. The zero-order chi connectivity index (χ0) is 9.84. The lowest BCUT2D eigenvalue weighted by Crippen LogP contribution is -2.23. The highest BCUT2D eigenvalue weighted by atomic mass is 16.3. The number of aryl methyl sites for hydroxylation is 1. The summed E-state index contributed by atoms with van der Waals surface area (Å²) in [7, 11) is 3.95. The highest BCUT2D eigenvalue weighted by Gasteiger charge is 2.11. The number of hydrogen-bond donors (Lipinski definition) is 1. The van der Waals surface area contributed by atoms with Crippen LogP contribution in [0.4, 0.5) is 0 Å². The Labute approximate surface area is 79.8 Å². The number of benzene rings is 1. The van der Waals surface area contributed by atoms with Crippen molar-refractivity contribution in [2.45, 2.75) is 13.0 Å². The van der Waals surface area contributed by atoms with Gasteiger partial charge in [0, 0.05) is 0 Å². The summed E-state index contributed by atoms with van der Waals surface area (Å²) in [4.78, 5) is 2.02. The van der Waals surface area contributed by atoms with Crippen molar-refractivity contribution in [2.24, 2.45) is 0 Å². The molecule has 0 aromatic heterocycles. The van der Waals surface area contributed by atoms with Gasteiger partial charge in [-0.3, -0.25) is 0 Å². The maximum atomic E-state index is 9.20. The standard InChI is InChI=1S/C11H17NO/c1-9-5-4-6-10(7-9)11(8-13)12(2)3/h4-7,11,13H,8H2,1-3H3/t11-/m1/s1. The van der Waals surface area contributed by atoms with E-state index in [9.17, 15) is 5.11 Å². The fourth-order valence-corrected chi connectivity index (χ4v) is 1.44. The van der Waals surface area contributed by atoms with Gasteiger partial charge in [0.2, 0.25) is 0 Å². The summed E-state index contributed by atoms with van der Waals surface area (Å²) in [5.41, 5.74) is 2.41. The molecule has 0 aliphatic carbocycles. The fraction of sp³-hybridized carbons (Fsp3) is 0.455. The molecule has 1 aromatic rings. The van der Waals surface area contributed by atoms with Gasteiger partial charge in [0.25, 0.3) is 0 Å². The van der Waals surface area contributed by atoms with Crippen LogP contribution in [0.25, 0.3) is 0 Å². The summed E-state index contributed by atoms with van der Waals surface area (Å²) in [5.74, 6) is 0. The van der Waals surface area contributed by atoms with Crippen LogP contribution in [0.15, 0.2) is 24.3 Å². The van der Waals surface area contributed by atoms with Crippen molar-refractivity contribution in [2.75, 3.05) is 20.7 Å². The number of nitrogens with zero attached hydrogens (tertiary/aromatic N) is 1. The number of aliphatic hydroxyl groups is 1. The summed E-state index contributed by atoms with van der Waals surface area (Å²) in [6.07, 6.45) is 0. The van der Waals surface area contributed by atoms with Crippen LogP contribution >= 0.6 is 0 Å². The van der Waals surface area contributed by atoms with Crippen LogP contribution in [0.3, 0.4) is 0 Å². The molecule has 0 saturated heterocycles. The Hall–Kier alpha value is -0.860. The van der Waals surface area contributed by atoms with Crippen molar-refractivity contribution in [1.29, 1.82) is 0 Å². The zero-order valence-corrected chi connectivity index (χ0v) is 8.49. The van der Waals surface area contributed by atoms with E-state index in [0.717, 1.165) is 0 Å². The monoisotopic (exact) mass is 179 g/mol. The van der Waals surface area contributed by atoms with Crippen LogP contribution in [0.1, 0.15) is 17.2 Å². The fourth-order valence-electron chi connectivity index (χ4n) is 1.44. The molecular formula is C11H17NO. The van der Waals surface area contributed by atoms with E-state index in [1.807, 2.05) is 31.1 Å². The third kappa shape index (κ3) is 2.54. The minimum Gasteiger partial charge on any atom is -0.394 e. The van der Waals surface area contributed by atoms with Crippen molar-refractivity contribution in [1.82, 2.24) is 4.90 Å². The normalized spacial score (nSPS) is 13.3. The quantitative estimate of drug-likeness (QED) is 0.761. The van der Waals surface area contributed by atoms with E-state index in [1.54, 1.807) is 0 Å². The first-order chi connectivity index (χ1) is 6.15. The van der Waals surface area contributed by atoms with E-state index in [4.69, 9.17) is 0 Å². The molecule has 1 rings (SSSR count). The molecule has 0 amide bonds. The molecule has 0 radical (unpaired) electrons. The van der Waals surface area contributed by atoms with Crippen LogP contribution in [-0.2, 0) is 0 Å². The molecule has 0 aliphatic heterocycles. The Balaban J connectivity index is 2.91. The van der Waals surface area contributed by atoms with Gasteiger partial charge in [0.15, 0.2) is 0 Å². The first-order valence-electron chi connectivity index (χ1n) is 4.49. The molecule has 0 unspecified atom stereocenters. The number of likely N-dealkylation sites (N-methyl/N-ethyl adjacent to an activating group) is 1. The molecule has 1 aromatic carbocycles. The van der Waals surface area contributed by atoms with Crippen LogP contribution in [0, 0.1) is 6.92 Å². The van der Waals surface area contributed by atoms with Crippen molar-refractivity contribution < 1.29 is 5.11 Å². The molecule has 0 heterocycles. The van der Waals surface area contributed by atoms with Crippen molar-refractivity contribution in [3.8, 4) is 0 Å². The molecular weight excluding hydrogens is 162 g/mol. The highest BCUT2D eigenvalue weighted by molar-refractivity contribution is 5.25. The summed E-state index contributed by atoms with van der Waals surface area (Å²) in [6, 6.07) is 8.36. The topological polar surface area (TPSA) is 23.5 Å². The predicted octanol–water partition coefficient (Wildman–Crippen LogP) is 1.59. The summed E-state index contributed by atoms with van der Waals surface area (Å²) < 4.78 is 0. The van der Waals surface area contributed by atoms with Gasteiger partial charge < -0.3 is 10.0 Å². The second-order valence-electron chi connectivity index (χ2n) is 3.58. The lowest BCUT2D eigenvalue weighted by Gasteiger charge is -2.22. The van der Waals surface area contributed by atoms with E-state index in [-0.39, 0.29) is 12.6 Å². The zero-order valence-electron chi connectivity index (χ0n) is 8.49. The van der Waals surface area contributed by atoms with Gasteiger partial charge in [0.1, 0.15) is 0 Å².